The number of benzene rings is 1. The van der Waals surface area contributed by atoms with Gasteiger partial charge in [-0.25, -0.2) is 9.37 Å². The van der Waals surface area contributed by atoms with E-state index in [9.17, 15) is 9.18 Å². The lowest BCUT2D eigenvalue weighted by atomic mass is 9.98. The lowest BCUT2D eigenvalue weighted by molar-refractivity contribution is -0.137. The van der Waals surface area contributed by atoms with Gasteiger partial charge in [-0.05, 0) is 63.6 Å². The van der Waals surface area contributed by atoms with E-state index in [1.165, 1.54) is 6.07 Å². The zero-order valence-electron chi connectivity index (χ0n) is 19.0. The Morgan fingerprint density at radius 3 is 2.81 bits per heavy atom. The molecule has 0 bridgehead atoms. The number of H-pyrrole nitrogens is 1. The van der Waals surface area contributed by atoms with Crippen LogP contribution in [0.3, 0.4) is 0 Å². The molecule has 1 fully saturated rings. The summed E-state index contributed by atoms with van der Waals surface area (Å²) in [6, 6.07) is 5.71. The zero-order valence-corrected chi connectivity index (χ0v) is 19.0. The summed E-state index contributed by atoms with van der Waals surface area (Å²) in [6.45, 7) is 8.22. The van der Waals surface area contributed by atoms with E-state index in [1.54, 1.807) is 24.4 Å². The fourth-order valence-corrected chi connectivity index (χ4v) is 4.15. The van der Waals surface area contributed by atoms with Crippen molar-refractivity contribution in [3.05, 3.63) is 53.6 Å². The van der Waals surface area contributed by atoms with Crippen LogP contribution in [0.1, 0.15) is 25.0 Å². The Labute approximate surface area is 187 Å². The van der Waals surface area contributed by atoms with Gasteiger partial charge < -0.3 is 20.4 Å². The number of aryl methyl sites for hydroxylation is 1. The first-order chi connectivity index (χ1) is 15.2. The van der Waals surface area contributed by atoms with E-state index in [2.05, 4.69) is 35.8 Å². The minimum atomic E-state index is -0.720. The van der Waals surface area contributed by atoms with Crippen LogP contribution in [0.4, 0.5) is 4.39 Å². The number of piperazine rings is 1. The van der Waals surface area contributed by atoms with Crippen molar-refractivity contribution >= 4 is 16.9 Å². The van der Waals surface area contributed by atoms with Gasteiger partial charge >= 0.3 is 0 Å². The van der Waals surface area contributed by atoms with E-state index in [4.69, 9.17) is 10.5 Å². The Balaban J connectivity index is 1.45. The van der Waals surface area contributed by atoms with Crippen molar-refractivity contribution in [1.82, 2.24) is 19.8 Å². The number of hydrogen-bond donors (Lipinski definition) is 2. The van der Waals surface area contributed by atoms with Crippen LogP contribution in [0.15, 0.2) is 36.7 Å². The molecule has 1 aliphatic heterocycles. The SMILES string of the molecule is Cc1c[nH]c2nccc(Oc3ccc(C[C@H](N)C(=O)N4CCN(C)C(C)(C)C4)cc3F)c12. The zero-order chi connectivity index (χ0) is 23.0. The molecule has 8 heteroatoms. The number of carbonyl (C=O) groups excluding carboxylic acids is 1. The number of hydrogen-bond acceptors (Lipinski definition) is 5. The molecule has 0 unspecified atom stereocenters. The second-order valence-corrected chi connectivity index (χ2v) is 9.18. The van der Waals surface area contributed by atoms with Gasteiger partial charge in [0, 0.05) is 37.6 Å². The molecule has 1 saturated heterocycles. The lowest BCUT2D eigenvalue weighted by Gasteiger charge is -2.45. The third kappa shape index (κ3) is 4.33. The van der Waals surface area contributed by atoms with E-state index >= 15 is 0 Å². The molecule has 2 aromatic heterocycles. The Bertz CT molecular complexity index is 1140. The molecule has 0 saturated carbocycles. The molecule has 3 aromatic rings. The van der Waals surface area contributed by atoms with Crippen LogP contribution >= 0.6 is 0 Å². The number of ether oxygens (including phenoxy) is 1. The summed E-state index contributed by atoms with van der Waals surface area (Å²) in [7, 11) is 2.06. The van der Waals surface area contributed by atoms with Gasteiger partial charge in [-0.3, -0.25) is 9.69 Å². The third-order valence-corrected chi connectivity index (χ3v) is 6.35. The predicted molar refractivity (Wildman–Crippen MR) is 122 cm³/mol. The maximum atomic E-state index is 14.8. The standard InChI is InChI=1S/C24H30FN5O2/c1-15-13-28-22-21(15)20(7-8-27-22)32-19-6-5-16(11-17(19)25)12-18(26)23(31)30-10-9-29(4)24(2,3)14-30/h5-8,11,13,18H,9-10,12,14,26H2,1-4H3,(H,27,28)/t18-/m0/s1. The highest BCUT2D eigenvalue weighted by molar-refractivity contribution is 5.86. The summed E-state index contributed by atoms with van der Waals surface area (Å²) < 4.78 is 20.7. The number of aromatic nitrogens is 2. The smallest absolute Gasteiger partial charge is 0.239 e. The Kier molecular flexibility index (Phi) is 5.92. The van der Waals surface area contributed by atoms with Gasteiger partial charge in [-0.2, -0.15) is 0 Å². The van der Waals surface area contributed by atoms with Crippen LogP contribution in [0, 0.1) is 12.7 Å². The fraction of sp³-hybridized carbons (Fsp3) is 0.417. The van der Waals surface area contributed by atoms with Crippen molar-refractivity contribution in [3.63, 3.8) is 0 Å². The van der Waals surface area contributed by atoms with Gasteiger partial charge in [-0.1, -0.05) is 6.07 Å². The Morgan fingerprint density at radius 2 is 2.09 bits per heavy atom. The van der Waals surface area contributed by atoms with E-state index in [0.717, 1.165) is 17.5 Å². The van der Waals surface area contributed by atoms with Crippen LogP contribution in [0.5, 0.6) is 11.5 Å². The van der Waals surface area contributed by atoms with Crippen molar-refractivity contribution in [2.75, 3.05) is 26.7 Å². The number of nitrogens with two attached hydrogens (primary N) is 1. The Hall–Kier alpha value is -2.97. The third-order valence-electron chi connectivity index (χ3n) is 6.35. The van der Waals surface area contributed by atoms with E-state index in [-0.39, 0.29) is 23.6 Å². The number of pyridine rings is 1. The van der Waals surface area contributed by atoms with Crippen molar-refractivity contribution in [3.8, 4) is 11.5 Å². The van der Waals surface area contributed by atoms with Gasteiger partial charge in [0.2, 0.25) is 5.91 Å². The van der Waals surface area contributed by atoms with E-state index in [0.29, 0.717) is 30.0 Å². The van der Waals surface area contributed by atoms with Gasteiger partial charge in [0.1, 0.15) is 11.4 Å². The van der Waals surface area contributed by atoms with Gasteiger partial charge in [0.25, 0.3) is 0 Å². The number of amides is 1. The summed E-state index contributed by atoms with van der Waals surface area (Å²) in [5, 5.41) is 0.818. The van der Waals surface area contributed by atoms with Crippen LogP contribution in [0.2, 0.25) is 0 Å². The molecule has 170 valence electrons. The quantitative estimate of drug-likeness (QED) is 0.637. The predicted octanol–water partition coefficient (Wildman–Crippen LogP) is 3.23. The Morgan fingerprint density at radius 1 is 1.31 bits per heavy atom. The molecule has 4 rings (SSSR count). The van der Waals surface area contributed by atoms with Crippen LogP contribution < -0.4 is 10.5 Å². The first-order valence-corrected chi connectivity index (χ1v) is 10.8. The molecule has 3 heterocycles. The summed E-state index contributed by atoms with van der Waals surface area (Å²) in [4.78, 5) is 24.3. The molecule has 0 radical (unpaired) electrons. The average molecular weight is 440 g/mol. The van der Waals surface area contributed by atoms with Crippen molar-refractivity contribution in [2.24, 2.45) is 5.73 Å². The second kappa shape index (κ2) is 8.52. The number of nitrogens with one attached hydrogen (secondary N) is 1. The molecule has 1 aromatic carbocycles. The maximum absolute atomic E-state index is 14.8. The number of nitrogens with zero attached hydrogens (tertiary/aromatic N) is 3. The highest BCUT2D eigenvalue weighted by Gasteiger charge is 2.34. The van der Waals surface area contributed by atoms with E-state index < -0.39 is 11.9 Å². The average Bonchev–Trinajstić information content (AvgIpc) is 3.13. The normalized spacial score (nSPS) is 17.5. The second-order valence-electron chi connectivity index (χ2n) is 9.18. The minimum absolute atomic E-state index is 0.102. The molecule has 7 nitrogen and oxygen atoms in total. The molecule has 3 N–H and O–H groups in total. The molecule has 0 spiro atoms. The molecule has 1 atom stereocenters. The number of rotatable bonds is 5. The lowest BCUT2D eigenvalue weighted by Crippen LogP contribution is -2.61. The number of carbonyl (C=O) groups is 1. The van der Waals surface area contributed by atoms with Crippen molar-refractivity contribution < 1.29 is 13.9 Å². The number of likely N-dealkylation sites (N-methyl/N-ethyl adjacent to an activating group) is 1. The molecular weight excluding hydrogens is 409 g/mol. The van der Waals surface area contributed by atoms with Gasteiger partial charge in [0.05, 0.1) is 11.4 Å². The first-order valence-electron chi connectivity index (χ1n) is 10.8. The monoisotopic (exact) mass is 439 g/mol. The molecular formula is C24H30FN5O2. The molecule has 32 heavy (non-hydrogen) atoms. The van der Waals surface area contributed by atoms with Gasteiger partial charge in [0.15, 0.2) is 11.6 Å². The number of fused-ring (bicyclic) bond motifs is 1. The first kappa shape index (κ1) is 22.2. The highest BCUT2D eigenvalue weighted by Crippen LogP contribution is 2.32. The topological polar surface area (TPSA) is 87.5 Å². The largest absolute Gasteiger partial charge is 0.453 e. The summed E-state index contributed by atoms with van der Waals surface area (Å²) in [5.41, 5.74) is 8.42. The summed E-state index contributed by atoms with van der Waals surface area (Å²) >= 11 is 0. The maximum Gasteiger partial charge on any atom is 0.239 e. The highest BCUT2D eigenvalue weighted by atomic mass is 19.1. The van der Waals surface area contributed by atoms with Crippen LogP contribution in [0.25, 0.3) is 11.0 Å². The molecule has 1 aliphatic rings. The van der Waals surface area contributed by atoms with Gasteiger partial charge in [-0.15, -0.1) is 0 Å². The van der Waals surface area contributed by atoms with Crippen LogP contribution in [-0.4, -0.2) is 63.9 Å². The van der Waals surface area contributed by atoms with Crippen molar-refractivity contribution in [2.45, 2.75) is 38.8 Å². The molecule has 1 amide bonds. The van der Waals surface area contributed by atoms with Crippen LogP contribution in [-0.2, 0) is 11.2 Å². The van der Waals surface area contributed by atoms with Crippen molar-refractivity contribution in [1.29, 1.82) is 0 Å². The van der Waals surface area contributed by atoms with E-state index in [1.807, 2.05) is 18.0 Å². The number of aromatic amines is 1. The summed E-state index contributed by atoms with van der Waals surface area (Å²) in [6.07, 6.45) is 3.72. The fourth-order valence-electron chi connectivity index (χ4n) is 4.15. The summed E-state index contributed by atoms with van der Waals surface area (Å²) in [5.74, 6) is 0.0441. The number of halogens is 1. The minimum Gasteiger partial charge on any atom is -0.453 e. The molecule has 0 aliphatic carbocycles.